The number of aromatic amines is 1. The second kappa shape index (κ2) is 5.00. The molecule has 6 nitrogen and oxygen atoms in total. The van der Waals surface area contributed by atoms with Crippen LogP contribution in [-0.2, 0) is 0 Å². The average molecular weight is 291 g/mol. The maximum atomic E-state index is 5.84. The molecule has 6 heteroatoms. The van der Waals surface area contributed by atoms with E-state index in [0.717, 1.165) is 27.9 Å². The first kappa shape index (κ1) is 12.6. The summed E-state index contributed by atoms with van der Waals surface area (Å²) in [5.41, 5.74) is 6.90. The molecule has 0 amide bonds. The second-order valence-corrected chi connectivity index (χ2v) is 4.89. The topological polar surface area (TPSA) is 79.1 Å². The third-order valence-corrected chi connectivity index (χ3v) is 3.48. The molecule has 3 aromatic heterocycles. The standard InChI is InChI=1S/C16H13N5O/c1-10(12-6-4-8-17-12)20-21-16-15-14(18-9-19-16)11-5-2-3-7-13(11)22-15/h2-9,17H,1H3,(H,18,19,21). The predicted molar refractivity (Wildman–Crippen MR) is 85.9 cm³/mol. The highest BCUT2D eigenvalue weighted by Gasteiger charge is 2.12. The smallest absolute Gasteiger partial charge is 0.197 e. The van der Waals surface area contributed by atoms with Crippen molar-refractivity contribution in [2.45, 2.75) is 6.92 Å². The molecule has 0 saturated carbocycles. The number of hydrazone groups is 1. The number of hydrogen-bond donors (Lipinski definition) is 2. The molecule has 0 unspecified atom stereocenters. The van der Waals surface area contributed by atoms with E-state index in [4.69, 9.17) is 4.42 Å². The van der Waals surface area contributed by atoms with Crippen molar-refractivity contribution in [2.75, 3.05) is 5.43 Å². The third kappa shape index (κ3) is 2.01. The second-order valence-electron chi connectivity index (χ2n) is 4.89. The Morgan fingerprint density at radius 3 is 2.95 bits per heavy atom. The number of rotatable bonds is 3. The van der Waals surface area contributed by atoms with E-state index in [1.165, 1.54) is 6.33 Å². The highest BCUT2D eigenvalue weighted by atomic mass is 16.3. The average Bonchev–Trinajstić information content (AvgIpc) is 3.20. The number of furan rings is 1. The van der Waals surface area contributed by atoms with Gasteiger partial charge in [-0.1, -0.05) is 12.1 Å². The lowest BCUT2D eigenvalue weighted by Crippen LogP contribution is -2.01. The molecule has 108 valence electrons. The summed E-state index contributed by atoms with van der Waals surface area (Å²) in [4.78, 5) is 11.6. The normalized spacial score (nSPS) is 12.1. The molecule has 0 radical (unpaired) electrons. The molecule has 0 aliphatic rings. The van der Waals surface area contributed by atoms with Crippen LogP contribution in [0.25, 0.3) is 22.1 Å². The molecule has 22 heavy (non-hydrogen) atoms. The lowest BCUT2D eigenvalue weighted by molar-refractivity contribution is 0.667. The van der Waals surface area contributed by atoms with Crippen LogP contribution in [0.4, 0.5) is 5.82 Å². The van der Waals surface area contributed by atoms with Crippen molar-refractivity contribution in [3.8, 4) is 0 Å². The summed E-state index contributed by atoms with van der Waals surface area (Å²) in [5, 5.41) is 5.31. The van der Waals surface area contributed by atoms with Crippen LogP contribution in [0.1, 0.15) is 12.6 Å². The molecular weight excluding hydrogens is 278 g/mol. The Labute approximate surface area is 125 Å². The summed E-state index contributed by atoms with van der Waals surface area (Å²) in [6.07, 6.45) is 3.36. The fraction of sp³-hybridized carbons (Fsp3) is 0.0625. The Bertz CT molecular complexity index is 969. The zero-order valence-electron chi connectivity index (χ0n) is 11.9. The van der Waals surface area contributed by atoms with Gasteiger partial charge in [0.05, 0.1) is 11.4 Å². The summed E-state index contributed by atoms with van der Waals surface area (Å²) < 4.78 is 5.84. The molecule has 2 N–H and O–H groups in total. The van der Waals surface area contributed by atoms with Gasteiger partial charge in [0.25, 0.3) is 0 Å². The van der Waals surface area contributed by atoms with Crippen molar-refractivity contribution in [1.82, 2.24) is 15.0 Å². The van der Waals surface area contributed by atoms with Crippen LogP contribution in [0, 0.1) is 0 Å². The number of nitrogens with one attached hydrogen (secondary N) is 2. The molecule has 0 aliphatic heterocycles. The van der Waals surface area contributed by atoms with E-state index in [0.29, 0.717) is 11.4 Å². The van der Waals surface area contributed by atoms with Gasteiger partial charge in [-0.3, -0.25) is 5.43 Å². The molecule has 0 aliphatic carbocycles. The molecule has 4 rings (SSSR count). The van der Waals surface area contributed by atoms with Crippen LogP contribution < -0.4 is 5.43 Å². The largest absolute Gasteiger partial charge is 0.450 e. The number of aromatic nitrogens is 3. The molecule has 0 saturated heterocycles. The van der Waals surface area contributed by atoms with Crippen molar-refractivity contribution in [3.05, 3.63) is 54.6 Å². The van der Waals surface area contributed by atoms with E-state index in [2.05, 4.69) is 25.5 Å². The van der Waals surface area contributed by atoms with E-state index in [1.54, 1.807) is 0 Å². The maximum absolute atomic E-state index is 5.84. The number of nitrogens with zero attached hydrogens (tertiary/aromatic N) is 3. The van der Waals surface area contributed by atoms with E-state index < -0.39 is 0 Å². The third-order valence-electron chi connectivity index (χ3n) is 3.48. The van der Waals surface area contributed by atoms with Crippen LogP contribution in [0.2, 0.25) is 0 Å². The zero-order chi connectivity index (χ0) is 14.9. The van der Waals surface area contributed by atoms with Gasteiger partial charge < -0.3 is 9.40 Å². The lowest BCUT2D eigenvalue weighted by atomic mass is 10.2. The van der Waals surface area contributed by atoms with Crippen LogP contribution in [-0.4, -0.2) is 20.7 Å². The fourth-order valence-electron chi connectivity index (χ4n) is 2.36. The van der Waals surface area contributed by atoms with Crippen LogP contribution in [0.5, 0.6) is 0 Å². The van der Waals surface area contributed by atoms with Crippen LogP contribution in [0.3, 0.4) is 0 Å². The first-order valence-corrected chi connectivity index (χ1v) is 6.89. The van der Waals surface area contributed by atoms with Gasteiger partial charge in [-0.25, -0.2) is 9.97 Å². The Balaban J connectivity index is 1.77. The summed E-state index contributed by atoms with van der Waals surface area (Å²) in [6.45, 7) is 1.91. The maximum Gasteiger partial charge on any atom is 0.197 e. The summed E-state index contributed by atoms with van der Waals surface area (Å²) in [7, 11) is 0. The predicted octanol–water partition coefficient (Wildman–Crippen LogP) is 3.54. The molecule has 4 aromatic rings. The minimum atomic E-state index is 0.548. The van der Waals surface area contributed by atoms with Crippen molar-refractivity contribution >= 4 is 33.6 Å². The number of fused-ring (bicyclic) bond motifs is 3. The van der Waals surface area contributed by atoms with Crippen molar-refractivity contribution in [1.29, 1.82) is 0 Å². The Hall–Kier alpha value is -3.15. The lowest BCUT2D eigenvalue weighted by Gasteiger charge is -2.01. The summed E-state index contributed by atoms with van der Waals surface area (Å²) in [6, 6.07) is 11.7. The monoisotopic (exact) mass is 291 g/mol. The van der Waals surface area contributed by atoms with Gasteiger partial charge in [0, 0.05) is 11.6 Å². The number of anilines is 1. The highest BCUT2D eigenvalue weighted by Crippen LogP contribution is 2.30. The minimum absolute atomic E-state index is 0.548. The highest BCUT2D eigenvalue weighted by molar-refractivity contribution is 6.05. The van der Waals surface area contributed by atoms with Gasteiger partial charge >= 0.3 is 0 Å². The number of benzene rings is 1. The van der Waals surface area contributed by atoms with Gasteiger partial charge in [-0.15, -0.1) is 0 Å². The van der Waals surface area contributed by atoms with Crippen LogP contribution in [0.15, 0.2) is 58.4 Å². The van der Waals surface area contributed by atoms with Gasteiger partial charge in [-0.2, -0.15) is 5.10 Å². The summed E-state index contributed by atoms with van der Waals surface area (Å²) in [5.74, 6) is 0.548. The number of hydrogen-bond acceptors (Lipinski definition) is 5. The van der Waals surface area contributed by atoms with Crippen molar-refractivity contribution in [3.63, 3.8) is 0 Å². The van der Waals surface area contributed by atoms with Gasteiger partial charge in [0.2, 0.25) is 0 Å². The van der Waals surface area contributed by atoms with Gasteiger partial charge in [-0.05, 0) is 31.2 Å². The Kier molecular flexibility index (Phi) is 2.86. The summed E-state index contributed by atoms with van der Waals surface area (Å²) >= 11 is 0. The van der Waals surface area contributed by atoms with E-state index >= 15 is 0 Å². The zero-order valence-corrected chi connectivity index (χ0v) is 11.9. The quantitative estimate of drug-likeness (QED) is 0.447. The number of para-hydroxylation sites is 1. The molecular formula is C16H13N5O. The van der Waals surface area contributed by atoms with Crippen molar-refractivity contribution < 1.29 is 4.42 Å². The fourth-order valence-corrected chi connectivity index (χ4v) is 2.36. The molecule has 0 bridgehead atoms. The Morgan fingerprint density at radius 2 is 2.09 bits per heavy atom. The number of H-pyrrole nitrogens is 1. The molecule has 0 spiro atoms. The first-order chi connectivity index (χ1) is 10.8. The van der Waals surface area contributed by atoms with Gasteiger partial charge in [0.1, 0.15) is 17.4 Å². The minimum Gasteiger partial charge on any atom is -0.450 e. The molecule has 1 aromatic carbocycles. The SMILES string of the molecule is CC(=NNc1ncnc2c1oc1ccccc12)c1ccc[nH]1. The van der Waals surface area contributed by atoms with Crippen LogP contribution >= 0.6 is 0 Å². The van der Waals surface area contributed by atoms with Gasteiger partial charge in [0.15, 0.2) is 11.4 Å². The van der Waals surface area contributed by atoms with E-state index in [1.807, 2.05) is 49.5 Å². The van der Waals surface area contributed by atoms with Crippen molar-refractivity contribution in [2.24, 2.45) is 5.10 Å². The Morgan fingerprint density at radius 1 is 1.18 bits per heavy atom. The first-order valence-electron chi connectivity index (χ1n) is 6.89. The molecule has 0 atom stereocenters. The molecule has 0 fully saturated rings. The molecule has 3 heterocycles. The van der Waals surface area contributed by atoms with E-state index in [9.17, 15) is 0 Å². The van der Waals surface area contributed by atoms with E-state index in [-0.39, 0.29) is 0 Å².